The summed E-state index contributed by atoms with van der Waals surface area (Å²) in [7, 11) is 0. The summed E-state index contributed by atoms with van der Waals surface area (Å²) in [4.78, 5) is 14.7. The first-order valence-corrected chi connectivity index (χ1v) is 9.20. The summed E-state index contributed by atoms with van der Waals surface area (Å²) in [6.45, 7) is 7.10. The molecule has 136 valence electrons. The summed E-state index contributed by atoms with van der Waals surface area (Å²) in [5.74, 6) is 1.33. The number of benzene rings is 2. The quantitative estimate of drug-likeness (QED) is 0.612. The molecule has 1 heterocycles. The van der Waals surface area contributed by atoms with Crippen molar-refractivity contribution in [3.63, 3.8) is 0 Å². The molecule has 0 spiro atoms. The highest BCUT2D eigenvalue weighted by Crippen LogP contribution is 2.37. The molecule has 2 aromatic carbocycles. The van der Waals surface area contributed by atoms with Crippen molar-refractivity contribution >= 4 is 23.4 Å². The van der Waals surface area contributed by atoms with Crippen molar-refractivity contribution in [2.24, 2.45) is 0 Å². The van der Waals surface area contributed by atoms with E-state index in [0.29, 0.717) is 29.7 Å². The van der Waals surface area contributed by atoms with Crippen molar-refractivity contribution in [2.45, 2.75) is 39.5 Å². The summed E-state index contributed by atoms with van der Waals surface area (Å²) in [6, 6.07) is 13.6. The first-order valence-electron chi connectivity index (χ1n) is 9.20. The van der Waals surface area contributed by atoms with E-state index in [1.165, 1.54) is 5.56 Å². The smallest absolute Gasteiger partial charge is 0.294 e. The number of nitrogens with two attached hydrogens (primary N) is 1. The number of rotatable bonds is 5. The number of hydrogen-bond acceptors (Lipinski definition) is 3. The fraction of sp³-hybridized carbons (Fsp3) is 0.318. The average Bonchev–Trinajstić information content (AvgIpc) is 2.62. The van der Waals surface area contributed by atoms with Crippen molar-refractivity contribution in [2.75, 3.05) is 17.2 Å². The highest BCUT2D eigenvalue weighted by Gasteiger charge is 2.30. The van der Waals surface area contributed by atoms with Crippen molar-refractivity contribution in [3.8, 4) is 5.75 Å². The van der Waals surface area contributed by atoms with Crippen LogP contribution in [0.15, 0.2) is 48.2 Å². The molecule has 0 unspecified atom stereocenters. The summed E-state index contributed by atoms with van der Waals surface area (Å²) in [6.07, 6.45) is 3.76. The molecule has 0 radical (unpaired) electrons. The van der Waals surface area contributed by atoms with Crippen LogP contribution in [0.1, 0.15) is 50.7 Å². The molecule has 2 N–H and O–H groups in total. The van der Waals surface area contributed by atoms with Crippen LogP contribution in [0.2, 0.25) is 0 Å². The van der Waals surface area contributed by atoms with Gasteiger partial charge >= 0.3 is 0 Å². The van der Waals surface area contributed by atoms with E-state index in [4.69, 9.17) is 10.5 Å². The SMILES string of the molecule is CCCCN1C(=O)/C(=C\c2ccc(C(C)C)cc2)Oc2cc(N)ccc21. The number of ether oxygens (including phenoxy) is 1. The Morgan fingerprint density at radius 1 is 1.15 bits per heavy atom. The van der Waals surface area contributed by atoms with Gasteiger partial charge in [0.2, 0.25) is 0 Å². The summed E-state index contributed by atoms with van der Waals surface area (Å²) >= 11 is 0. The van der Waals surface area contributed by atoms with Gasteiger partial charge in [-0.1, -0.05) is 51.5 Å². The lowest BCUT2D eigenvalue weighted by Crippen LogP contribution is -2.38. The van der Waals surface area contributed by atoms with Crippen LogP contribution in [-0.2, 0) is 4.79 Å². The fourth-order valence-electron chi connectivity index (χ4n) is 3.00. The molecule has 0 bridgehead atoms. The lowest BCUT2D eigenvalue weighted by atomic mass is 10.0. The third kappa shape index (κ3) is 3.74. The van der Waals surface area contributed by atoms with E-state index in [9.17, 15) is 4.79 Å². The highest BCUT2D eigenvalue weighted by atomic mass is 16.5. The molecule has 2 aromatic rings. The molecule has 4 nitrogen and oxygen atoms in total. The van der Waals surface area contributed by atoms with Gasteiger partial charge in [-0.3, -0.25) is 4.79 Å². The van der Waals surface area contributed by atoms with Gasteiger partial charge in [0.1, 0.15) is 0 Å². The molecule has 1 aliphatic rings. The minimum atomic E-state index is -0.108. The van der Waals surface area contributed by atoms with Gasteiger partial charge in [-0.25, -0.2) is 0 Å². The molecule has 4 heteroatoms. The number of unbranched alkanes of at least 4 members (excludes halogenated alkanes) is 1. The van der Waals surface area contributed by atoms with E-state index in [1.807, 2.05) is 18.2 Å². The first-order chi connectivity index (χ1) is 12.5. The molecule has 26 heavy (non-hydrogen) atoms. The maximum Gasteiger partial charge on any atom is 0.294 e. The van der Waals surface area contributed by atoms with Gasteiger partial charge in [0.25, 0.3) is 5.91 Å². The van der Waals surface area contributed by atoms with Crippen molar-refractivity contribution in [1.29, 1.82) is 0 Å². The van der Waals surface area contributed by atoms with Crippen LogP contribution in [0.3, 0.4) is 0 Å². The molecule has 3 rings (SSSR count). The van der Waals surface area contributed by atoms with Crippen LogP contribution in [0.5, 0.6) is 5.75 Å². The number of hydrogen-bond donors (Lipinski definition) is 1. The van der Waals surface area contributed by atoms with Crippen molar-refractivity contribution in [3.05, 3.63) is 59.4 Å². The number of nitrogen functional groups attached to an aromatic ring is 1. The van der Waals surface area contributed by atoms with Crippen LogP contribution in [0.25, 0.3) is 6.08 Å². The molecule has 0 saturated carbocycles. The Kier molecular flexibility index (Phi) is 5.31. The minimum absolute atomic E-state index is 0.108. The second kappa shape index (κ2) is 7.65. The maximum atomic E-state index is 13.0. The van der Waals surface area contributed by atoms with E-state index >= 15 is 0 Å². The Bertz CT molecular complexity index is 823. The predicted octanol–water partition coefficient (Wildman–Crippen LogP) is 4.96. The van der Waals surface area contributed by atoms with Gasteiger partial charge < -0.3 is 15.4 Å². The average molecular weight is 350 g/mol. The zero-order valence-corrected chi connectivity index (χ0v) is 15.7. The van der Waals surface area contributed by atoms with Gasteiger partial charge in [0, 0.05) is 18.3 Å². The van der Waals surface area contributed by atoms with Crippen LogP contribution in [0.4, 0.5) is 11.4 Å². The minimum Gasteiger partial charge on any atom is -0.449 e. The largest absolute Gasteiger partial charge is 0.449 e. The molecule has 1 amide bonds. The van der Waals surface area contributed by atoms with Crippen LogP contribution in [-0.4, -0.2) is 12.5 Å². The van der Waals surface area contributed by atoms with E-state index < -0.39 is 0 Å². The number of anilines is 2. The summed E-state index contributed by atoms with van der Waals surface area (Å²) in [5, 5.41) is 0. The molecule has 0 fully saturated rings. The lowest BCUT2D eigenvalue weighted by molar-refractivity contribution is -0.117. The molecule has 0 saturated heterocycles. The fourth-order valence-corrected chi connectivity index (χ4v) is 3.00. The van der Waals surface area contributed by atoms with Gasteiger partial charge in [-0.2, -0.15) is 0 Å². The van der Waals surface area contributed by atoms with Crippen LogP contribution >= 0.6 is 0 Å². The number of carbonyl (C=O) groups excluding carboxylic acids is 1. The molecular weight excluding hydrogens is 324 g/mol. The van der Waals surface area contributed by atoms with Crippen LogP contribution in [0, 0.1) is 0 Å². The van der Waals surface area contributed by atoms with Gasteiger partial charge in [0.15, 0.2) is 11.5 Å². The Morgan fingerprint density at radius 2 is 1.88 bits per heavy atom. The van der Waals surface area contributed by atoms with E-state index in [1.54, 1.807) is 23.1 Å². The third-order valence-corrected chi connectivity index (χ3v) is 4.59. The Balaban J connectivity index is 1.95. The van der Waals surface area contributed by atoms with Crippen molar-refractivity contribution < 1.29 is 9.53 Å². The normalized spacial score (nSPS) is 15.3. The third-order valence-electron chi connectivity index (χ3n) is 4.59. The Labute approximate surface area is 155 Å². The van der Waals surface area contributed by atoms with Gasteiger partial charge in [-0.15, -0.1) is 0 Å². The standard InChI is InChI=1S/C22H26N2O2/c1-4-5-12-24-19-11-10-18(23)14-20(19)26-21(22(24)25)13-16-6-8-17(9-7-16)15(2)3/h6-11,13-15H,4-5,12,23H2,1-3H3/b21-13+. The van der Waals surface area contributed by atoms with E-state index in [-0.39, 0.29) is 5.91 Å². The predicted molar refractivity (Wildman–Crippen MR) is 107 cm³/mol. The van der Waals surface area contributed by atoms with Crippen LogP contribution < -0.4 is 15.4 Å². The first kappa shape index (κ1) is 18.1. The Morgan fingerprint density at radius 3 is 2.54 bits per heavy atom. The second-order valence-corrected chi connectivity index (χ2v) is 6.97. The highest BCUT2D eigenvalue weighted by molar-refractivity contribution is 6.10. The summed E-state index contributed by atoms with van der Waals surface area (Å²) < 4.78 is 5.91. The lowest BCUT2D eigenvalue weighted by Gasteiger charge is -2.30. The number of carbonyl (C=O) groups is 1. The van der Waals surface area contributed by atoms with E-state index in [0.717, 1.165) is 24.1 Å². The molecular formula is C22H26N2O2. The zero-order chi connectivity index (χ0) is 18.7. The molecule has 1 aliphatic heterocycles. The number of fused-ring (bicyclic) bond motifs is 1. The zero-order valence-electron chi connectivity index (χ0n) is 15.7. The number of nitrogens with zero attached hydrogens (tertiary/aromatic N) is 1. The topological polar surface area (TPSA) is 55.6 Å². The molecule has 0 aromatic heterocycles. The van der Waals surface area contributed by atoms with E-state index in [2.05, 4.69) is 32.9 Å². The van der Waals surface area contributed by atoms with Gasteiger partial charge in [0.05, 0.1) is 5.69 Å². The van der Waals surface area contributed by atoms with Gasteiger partial charge in [-0.05, 0) is 41.7 Å². The monoisotopic (exact) mass is 350 g/mol. The Hall–Kier alpha value is -2.75. The molecule has 0 aliphatic carbocycles. The second-order valence-electron chi connectivity index (χ2n) is 6.97. The number of amides is 1. The molecule has 0 atom stereocenters. The van der Waals surface area contributed by atoms with Crippen molar-refractivity contribution in [1.82, 2.24) is 0 Å². The summed E-state index contributed by atoms with van der Waals surface area (Å²) in [5.41, 5.74) is 9.52. The maximum absolute atomic E-state index is 13.0.